The summed E-state index contributed by atoms with van der Waals surface area (Å²) in [5.41, 5.74) is 2.32. The quantitative estimate of drug-likeness (QED) is 0.0196. The van der Waals surface area contributed by atoms with E-state index in [4.69, 9.17) is 33.2 Å². The second-order valence-electron chi connectivity index (χ2n) is 23.6. The lowest BCUT2D eigenvalue weighted by molar-refractivity contribution is -0.167. The van der Waals surface area contributed by atoms with Gasteiger partial charge in [0.1, 0.15) is 35.5 Å². The van der Waals surface area contributed by atoms with Crippen molar-refractivity contribution >= 4 is 52.9 Å². The molecule has 9 rings (SSSR count). The van der Waals surface area contributed by atoms with Gasteiger partial charge in [-0.15, -0.1) is 10.2 Å². The fraction of sp³-hybridized carbons (Fsp3) is 0.574. The first-order chi connectivity index (χ1) is 40.0. The van der Waals surface area contributed by atoms with Gasteiger partial charge in [-0.2, -0.15) is 0 Å². The topological polar surface area (TPSA) is 238 Å². The molecule has 3 aliphatic heterocycles. The Bertz CT molecular complexity index is 2850. The molecule has 4 amide bonds. The molecule has 5 aliphatic rings. The Kier molecular flexibility index (Phi) is 19.9. The SMILES string of the molecule is CCOC(=O)C1(C(=O)N[C@@H](CCCCN(C)C)C(=O)Nc2ccc(COC(=O)Nc3nnc(-c4ccccc4OCOC)cc3N3CC4CC[C@H](C3)N4c3ccnc(OC4CC(OC5CCN(C(=O)OC(C)(C)C)CC5)C4)c3)cc2)CCC1. The van der Waals surface area contributed by atoms with Gasteiger partial charge in [-0.25, -0.2) is 14.6 Å². The van der Waals surface area contributed by atoms with Gasteiger partial charge >= 0.3 is 18.2 Å². The minimum Gasteiger partial charge on any atom is -0.474 e. The van der Waals surface area contributed by atoms with Crippen LogP contribution in [0.1, 0.15) is 110 Å². The molecule has 22 heteroatoms. The number of amides is 4. The van der Waals surface area contributed by atoms with Crippen molar-refractivity contribution in [3.63, 3.8) is 0 Å². The summed E-state index contributed by atoms with van der Waals surface area (Å²) in [7, 11) is 5.52. The number of anilines is 4. The number of rotatable bonds is 24. The number of carbonyl (C=O) groups is 5. The van der Waals surface area contributed by atoms with Crippen LogP contribution in [0.3, 0.4) is 0 Å². The van der Waals surface area contributed by atoms with Crippen molar-refractivity contribution in [2.45, 2.75) is 153 Å². The molecule has 1 unspecified atom stereocenters. The fourth-order valence-electron chi connectivity index (χ4n) is 11.4. The number of aromatic nitrogens is 3. The third kappa shape index (κ3) is 15.5. The predicted molar refractivity (Wildman–Crippen MR) is 311 cm³/mol. The number of benzene rings is 2. The number of para-hydroxylation sites is 1. The summed E-state index contributed by atoms with van der Waals surface area (Å²) in [5.74, 6) is -0.0548. The zero-order valence-electron chi connectivity index (χ0n) is 49.1. The van der Waals surface area contributed by atoms with Crippen LogP contribution in [0.2, 0.25) is 0 Å². The van der Waals surface area contributed by atoms with Crippen LogP contribution in [0.4, 0.5) is 32.5 Å². The van der Waals surface area contributed by atoms with Gasteiger partial charge in [0, 0.05) is 87.4 Å². The highest BCUT2D eigenvalue weighted by molar-refractivity contribution is 6.06. The highest BCUT2D eigenvalue weighted by Crippen LogP contribution is 2.44. The van der Waals surface area contributed by atoms with E-state index in [-0.39, 0.29) is 62.3 Å². The molecule has 2 aromatic carbocycles. The van der Waals surface area contributed by atoms with E-state index in [0.717, 1.165) is 63.6 Å². The van der Waals surface area contributed by atoms with Crippen LogP contribution in [0.15, 0.2) is 72.9 Å². The zero-order chi connectivity index (χ0) is 58.7. The number of piperidine rings is 1. The summed E-state index contributed by atoms with van der Waals surface area (Å²) >= 11 is 0. The molecule has 2 aromatic heterocycles. The Hall–Kier alpha value is -7.30. The highest BCUT2D eigenvalue weighted by atomic mass is 16.7. The molecule has 4 aromatic rings. The van der Waals surface area contributed by atoms with Crippen molar-refractivity contribution < 1.29 is 57.1 Å². The number of nitrogens with one attached hydrogen (secondary N) is 3. The van der Waals surface area contributed by atoms with E-state index in [9.17, 15) is 24.0 Å². The van der Waals surface area contributed by atoms with E-state index >= 15 is 0 Å². The standard InChI is InChI=1S/C61H82N10O12/c1-8-78-57(74)61(26-13-27-61)56(73)64-49(15-11-12-29-68(5)6)55(72)63-41-19-17-40(18-20-41)38-79-58(75)65-54-51(35-50(66-67-54)48-14-9-10-16-52(48)80-39-77-7)70-36-43-21-22-44(37-70)71(43)42-23-28-62-53(32-42)82-47-33-46(34-47)81-45-24-30-69(31-25-45)59(76)83-60(2,3)4/h9-10,14,16-20,23,28,32,35,43-47,49H,8,11-13,15,21-22,24-27,29-31,33-34,36-39H2,1-7H3,(H,63,72)(H,64,73)(H,65,67,75)/t43-,44?,46?,47?,49+/m1/s1. The van der Waals surface area contributed by atoms with Gasteiger partial charge in [-0.1, -0.05) is 30.7 Å². The molecule has 22 nitrogen and oxygen atoms in total. The zero-order valence-corrected chi connectivity index (χ0v) is 49.1. The molecule has 0 radical (unpaired) electrons. The number of unbranched alkanes of at least 4 members (excludes halogenated alkanes) is 1. The predicted octanol–water partition coefficient (Wildman–Crippen LogP) is 8.34. The lowest BCUT2D eigenvalue weighted by Crippen LogP contribution is -2.56. The van der Waals surface area contributed by atoms with E-state index in [2.05, 4.69) is 45.8 Å². The first kappa shape index (κ1) is 60.3. The number of fused-ring (bicyclic) bond motifs is 2. The maximum atomic E-state index is 13.8. The second kappa shape index (κ2) is 27.4. The molecule has 0 spiro atoms. The Morgan fingerprint density at radius 2 is 1.58 bits per heavy atom. The normalized spacial score (nSPS) is 20.6. The number of ether oxygens (including phenoxy) is 7. The molecule has 3 atom stereocenters. The molecule has 5 fully saturated rings. The van der Waals surface area contributed by atoms with Crippen LogP contribution in [0, 0.1) is 5.41 Å². The number of pyridine rings is 1. The second-order valence-corrected chi connectivity index (χ2v) is 23.6. The third-order valence-electron chi connectivity index (χ3n) is 16.0. The maximum Gasteiger partial charge on any atom is 0.413 e. The molecule has 3 N–H and O–H groups in total. The molecule has 2 saturated carbocycles. The van der Waals surface area contributed by atoms with Crippen LogP contribution in [0.5, 0.6) is 11.6 Å². The molecule has 3 saturated heterocycles. The monoisotopic (exact) mass is 1150 g/mol. The van der Waals surface area contributed by atoms with Crippen LogP contribution in [0.25, 0.3) is 11.3 Å². The van der Waals surface area contributed by atoms with Crippen molar-refractivity contribution in [3.05, 3.63) is 78.5 Å². The van der Waals surface area contributed by atoms with Crippen molar-refractivity contribution in [2.75, 3.05) is 87.8 Å². The Balaban J connectivity index is 0.816. The Morgan fingerprint density at radius 1 is 0.843 bits per heavy atom. The number of carbonyl (C=O) groups excluding carboxylic acids is 5. The van der Waals surface area contributed by atoms with Crippen molar-refractivity contribution in [3.8, 4) is 22.9 Å². The van der Waals surface area contributed by atoms with E-state index in [0.29, 0.717) is 91.7 Å². The van der Waals surface area contributed by atoms with Gasteiger partial charge in [0.2, 0.25) is 17.7 Å². The third-order valence-corrected chi connectivity index (χ3v) is 16.0. The Morgan fingerprint density at radius 3 is 2.25 bits per heavy atom. The molecular formula is C61H82N10O12. The van der Waals surface area contributed by atoms with Gasteiger partial charge in [0.25, 0.3) is 0 Å². The number of methoxy groups -OCH3 is 1. The summed E-state index contributed by atoms with van der Waals surface area (Å²) in [5, 5.41) is 17.9. The molecular weight excluding hydrogens is 1060 g/mol. The van der Waals surface area contributed by atoms with Crippen LogP contribution >= 0.6 is 0 Å². The first-order valence-corrected chi connectivity index (χ1v) is 29.3. The number of hydrogen-bond acceptors (Lipinski definition) is 18. The smallest absolute Gasteiger partial charge is 0.413 e. The number of piperazine rings is 1. The van der Waals surface area contributed by atoms with Crippen molar-refractivity contribution in [1.29, 1.82) is 0 Å². The van der Waals surface area contributed by atoms with Gasteiger partial charge < -0.3 is 63.4 Å². The summed E-state index contributed by atoms with van der Waals surface area (Å²) in [4.78, 5) is 79.7. The van der Waals surface area contributed by atoms with Crippen LogP contribution in [-0.2, 0) is 44.7 Å². The lowest BCUT2D eigenvalue weighted by atomic mass is 9.68. The van der Waals surface area contributed by atoms with E-state index in [1.807, 2.05) is 77.3 Å². The van der Waals surface area contributed by atoms with Gasteiger partial charge in [-0.05, 0) is 148 Å². The van der Waals surface area contributed by atoms with E-state index < -0.39 is 40.9 Å². The molecule has 83 heavy (non-hydrogen) atoms. The number of hydrogen-bond donors (Lipinski definition) is 3. The lowest BCUT2D eigenvalue weighted by Gasteiger charge is -2.44. The number of nitrogens with zero attached hydrogens (tertiary/aromatic N) is 7. The Labute approximate surface area is 486 Å². The number of esters is 1. The van der Waals surface area contributed by atoms with Gasteiger partial charge in [0.15, 0.2) is 12.6 Å². The maximum absolute atomic E-state index is 13.8. The number of likely N-dealkylation sites (tertiary alicyclic amines) is 1. The summed E-state index contributed by atoms with van der Waals surface area (Å²) < 4.78 is 40.6. The van der Waals surface area contributed by atoms with Crippen molar-refractivity contribution in [2.24, 2.45) is 5.41 Å². The summed E-state index contributed by atoms with van der Waals surface area (Å²) in [6, 6.07) is 19.8. The average molecular weight is 1150 g/mol. The van der Waals surface area contributed by atoms with Crippen molar-refractivity contribution in [1.82, 2.24) is 30.3 Å². The summed E-state index contributed by atoms with van der Waals surface area (Å²) in [6.45, 7) is 10.8. The minimum absolute atomic E-state index is 0.00409. The first-order valence-electron chi connectivity index (χ1n) is 29.3. The van der Waals surface area contributed by atoms with E-state index in [1.54, 1.807) is 49.4 Å². The van der Waals surface area contributed by atoms with Crippen LogP contribution in [-0.4, -0.2) is 164 Å². The molecule has 5 heterocycles. The fourth-order valence-corrected chi connectivity index (χ4v) is 11.4. The average Bonchev–Trinajstić information content (AvgIpc) is 3.18. The highest BCUT2D eigenvalue weighted by Gasteiger charge is 2.53. The summed E-state index contributed by atoms with van der Waals surface area (Å²) in [6.07, 6.45) is 9.38. The molecule has 2 bridgehead atoms. The minimum atomic E-state index is -1.28. The van der Waals surface area contributed by atoms with E-state index in [1.165, 1.54) is 0 Å². The van der Waals surface area contributed by atoms with Crippen LogP contribution < -0.4 is 35.2 Å². The largest absolute Gasteiger partial charge is 0.474 e. The molecule has 448 valence electrons. The van der Waals surface area contributed by atoms with Gasteiger partial charge in [0.05, 0.1) is 30.2 Å². The molecule has 2 aliphatic carbocycles. The van der Waals surface area contributed by atoms with Gasteiger partial charge in [-0.3, -0.25) is 19.7 Å².